The van der Waals surface area contributed by atoms with Crippen LogP contribution in [-0.4, -0.2) is 24.5 Å². The van der Waals surface area contributed by atoms with Crippen LogP contribution in [0.1, 0.15) is 30.4 Å². The fraction of sp³-hybridized carbons (Fsp3) is 0.538. The van der Waals surface area contributed by atoms with Crippen LogP contribution < -0.4 is 0 Å². The van der Waals surface area contributed by atoms with Gasteiger partial charge in [-0.05, 0) is 44.4 Å². The fourth-order valence-corrected chi connectivity index (χ4v) is 2.46. The number of benzene rings is 1. The molecular formula is C13H19N. The van der Waals surface area contributed by atoms with Crippen molar-refractivity contribution < 1.29 is 0 Å². The Morgan fingerprint density at radius 1 is 1.29 bits per heavy atom. The molecule has 2 rings (SSSR count). The molecule has 1 nitrogen and oxygen atoms in total. The van der Waals surface area contributed by atoms with E-state index in [1.807, 2.05) is 0 Å². The summed E-state index contributed by atoms with van der Waals surface area (Å²) in [6.45, 7) is 5.75. The molecule has 76 valence electrons. The van der Waals surface area contributed by atoms with Crippen LogP contribution in [0.25, 0.3) is 0 Å². The molecule has 0 aromatic heterocycles. The number of likely N-dealkylation sites (tertiary alicyclic amines) is 1. The third kappa shape index (κ3) is 1.69. The first-order chi connectivity index (χ1) is 6.68. The first-order valence-electron chi connectivity index (χ1n) is 5.44. The summed E-state index contributed by atoms with van der Waals surface area (Å²) in [7, 11) is 2.23. The molecule has 1 aromatic carbocycles. The number of hydrogen-bond donors (Lipinski definition) is 0. The molecule has 2 unspecified atom stereocenters. The first-order valence-corrected chi connectivity index (χ1v) is 5.44. The molecule has 0 bridgehead atoms. The lowest BCUT2D eigenvalue weighted by molar-refractivity contribution is 0.329. The molecule has 0 spiro atoms. The van der Waals surface area contributed by atoms with Crippen LogP contribution in [0, 0.1) is 6.92 Å². The monoisotopic (exact) mass is 189 g/mol. The Morgan fingerprint density at radius 3 is 2.57 bits per heavy atom. The van der Waals surface area contributed by atoms with Crippen molar-refractivity contribution in [1.29, 1.82) is 0 Å². The number of hydrogen-bond acceptors (Lipinski definition) is 1. The van der Waals surface area contributed by atoms with Crippen molar-refractivity contribution in [3.63, 3.8) is 0 Å². The van der Waals surface area contributed by atoms with Gasteiger partial charge in [0.15, 0.2) is 0 Å². The molecule has 14 heavy (non-hydrogen) atoms. The van der Waals surface area contributed by atoms with Gasteiger partial charge < -0.3 is 4.90 Å². The summed E-state index contributed by atoms with van der Waals surface area (Å²) in [5.74, 6) is 0.746. The predicted molar refractivity (Wildman–Crippen MR) is 60.6 cm³/mol. The van der Waals surface area contributed by atoms with E-state index in [1.165, 1.54) is 18.5 Å². The zero-order valence-electron chi connectivity index (χ0n) is 9.33. The molecule has 1 fully saturated rings. The molecule has 0 saturated carbocycles. The second kappa shape index (κ2) is 3.74. The lowest BCUT2D eigenvalue weighted by Crippen LogP contribution is -2.21. The average Bonchev–Trinajstić information content (AvgIpc) is 2.48. The van der Waals surface area contributed by atoms with Gasteiger partial charge >= 0.3 is 0 Å². The Bertz CT molecular complexity index is 309. The molecule has 0 radical (unpaired) electrons. The minimum Gasteiger partial charge on any atom is -0.303 e. The summed E-state index contributed by atoms with van der Waals surface area (Å²) in [6.07, 6.45) is 1.31. The van der Waals surface area contributed by atoms with Crippen LogP contribution in [-0.2, 0) is 0 Å². The zero-order valence-corrected chi connectivity index (χ0v) is 9.33. The molecule has 1 heteroatoms. The summed E-state index contributed by atoms with van der Waals surface area (Å²) in [4.78, 5) is 2.46. The van der Waals surface area contributed by atoms with Gasteiger partial charge in [0.25, 0.3) is 0 Å². The maximum atomic E-state index is 2.46. The van der Waals surface area contributed by atoms with Gasteiger partial charge in [0.2, 0.25) is 0 Å². The molecular weight excluding hydrogens is 170 g/mol. The maximum Gasteiger partial charge on any atom is 0.00704 e. The lowest BCUT2D eigenvalue weighted by Gasteiger charge is -2.13. The minimum atomic E-state index is 0.736. The summed E-state index contributed by atoms with van der Waals surface area (Å²) >= 11 is 0. The summed E-state index contributed by atoms with van der Waals surface area (Å²) in [5.41, 5.74) is 2.99. The van der Waals surface area contributed by atoms with E-state index in [4.69, 9.17) is 0 Å². The molecule has 1 heterocycles. The van der Waals surface area contributed by atoms with Gasteiger partial charge in [0.05, 0.1) is 0 Å². The van der Waals surface area contributed by atoms with Crippen LogP contribution >= 0.6 is 0 Å². The Balaban J connectivity index is 2.21. The molecule has 0 N–H and O–H groups in total. The Labute approximate surface area is 86.7 Å². The van der Waals surface area contributed by atoms with Crippen molar-refractivity contribution in [1.82, 2.24) is 4.90 Å². The Hall–Kier alpha value is -0.820. The van der Waals surface area contributed by atoms with Crippen LogP contribution in [0.15, 0.2) is 24.3 Å². The van der Waals surface area contributed by atoms with Crippen molar-refractivity contribution >= 4 is 0 Å². The molecule has 1 saturated heterocycles. The van der Waals surface area contributed by atoms with E-state index in [0.717, 1.165) is 12.0 Å². The number of rotatable bonds is 1. The second-order valence-corrected chi connectivity index (χ2v) is 4.58. The van der Waals surface area contributed by atoms with Crippen molar-refractivity contribution in [2.24, 2.45) is 0 Å². The van der Waals surface area contributed by atoms with E-state index in [1.54, 1.807) is 5.56 Å². The third-order valence-electron chi connectivity index (χ3n) is 3.51. The largest absolute Gasteiger partial charge is 0.303 e. The second-order valence-electron chi connectivity index (χ2n) is 4.58. The van der Waals surface area contributed by atoms with Crippen molar-refractivity contribution in [3.8, 4) is 0 Å². The summed E-state index contributed by atoms with van der Waals surface area (Å²) in [6, 6.07) is 9.52. The highest BCUT2D eigenvalue weighted by atomic mass is 15.1. The zero-order chi connectivity index (χ0) is 10.1. The van der Waals surface area contributed by atoms with E-state index in [-0.39, 0.29) is 0 Å². The van der Waals surface area contributed by atoms with E-state index in [0.29, 0.717) is 0 Å². The molecule has 1 aliphatic heterocycles. The van der Waals surface area contributed by atoms with Gasteiger partial charge in [-0.3, -0.25) is 0 Å². The van der Waals surface area contributed by atoms with Gasteiger partial charge in [-0.25, -0.2) is 0 Å². The van der Waals surface area contributed by atoms with Crippen LogP contribution in [0.4, 0.5) is 0 Å². The lowest BCUT2D eigenvalue weighted by atomic mass is 9.93. The molecule has 1 aromatic rings. The molecule has 0 amide bonds. The first kappa shape index (κ1) is 9.72. The fourth-order valence-electron chi connectivity index (χ4n) is 2.46. The van der Waals surface area contributed by atoms with Gasteiger partial charge in [-0.2, -0.15) is 0 Å². The highest BCUT2D eigenvalue weighted by Gasteiger charge is 2.27. The summed E-state index contributed by atoms with van der Waals surface area (Å²) < 4.78 is 0. The van der Waals surface area contributed by atoms with Crippen LogP contribution in [0.2, 0.25) is 0 Å². The third-order valence-corrected chi connectivity index (χ3v) is 3.51. The number of likely N-dealkylation sites (N-methyl/N-ethyl adjacent to an activating group) is 1. The topological polar surface area (TPSA) is 3.24 Å². The van der Waals surface area contributed by atoms with E-state index in [2.05, 4.69) is 50.1 Å². The van der Waals surface area contributed by atoms with Crippen LogP contribution in [0.3, 0.4) is 0 Å². The standard InChI is InChI=1S/C13H19N/c1-10-6-4-5-7-13(10)12-8-11(2)14(3)9-12/h4-7,11-12H,8-9H2,1-3H3. The smallest absolute Gasteiger partial charge is 0.00704 e. The normalized spacial score (nSPS) is 28.2. The van der Waals surface area contributed by atoms with Crippen LogP contribution in [0.5, 0.6) is 0 Å². The molecule has 2 atom stereocenters. The quantitative estimate of drug-likeness (QED) is 0.656. The average molecular weight is 189 g/mol. The van der Waals surface area contributed by atoms with E-state index in [9.17, 15) is 0 Å². The summed E-state index contributed by atoms with van der Waals surface area (Å²) in [5, 5.41) is 0. The van der Waals surface area contributed by atoms with Crippen molar-refractivity contribution in [3.05, 3.63) is 35.4 Å². The highest BCUT2D eigenvalue weighted by molar-refractivity contribution is 5.30. The molecule has 0 aliphatic carbocycles. The van der Waals surface area contributed by atoms with Crippen molar-refractivity contribution in [2.45, 2.75) is 32.2 Å². The van der Waals surface area contributed by atoms with Crippen molar-refractivity contribution in [2.75, 3.05) is 13.6 Å². The number of aryl methyl sites for hydroxylation is 1. The Kier molecular flexibility index (Phi) is 2.60. The predicted octanol–water partition coefficient (Wildman–Crippen LogP) is 2.80. The van der Waals surface area contributed by atoms with Gasteiger partial charge in [0, 0.05) is 12.6 Å². The Morgan fingerprint density at radius 2 is 2.00 bits per heavy atom. The number of nitrogens with zero attached hydrogens (tertiary/aromatic N) is 1. The minimum absolute atomic E-state index is 0.736. The van der Waals surface area contributed by atoms with Gasteiger partial charge in [-0.1, -0.05) is 24.3 Å². The van der Waals surface area contributed by atoms with Gasteiger partial charge in [-0.15, -0.1) is 0 Å². The van der Waals surface area contributed by atoms with E-state index >= 15 is 0 Å². The molecule has 1 aliphatic rings. The SMILES string of the molecule is Cc1ccccc1C1CC(C)N(C)C1. The maximum absolute atomic E-state index is 2.46. The van der Waals surface area contributed by atoms with Gasteiger partial charge in [0.1, 0.15) is 0 Å². The van der Waals surface area contributed by atoms with E-state index < -0.39 is 0 Å². The highest BCUT2D eigenvalue weighted by Crippen LogP contribution is 2.31.